The highest BCUT2D eigenvalue weighted by Crippen LogP contribution is 2.21. The van der Waals surface area contributed by atoms with Gasteiger partial charge < -0.3 is 20.1 Å². The van der Waals surface area contributed by atoms with Crippen molar-refractivity contribution in [2.75, 3.05) is 19.8 Å². The largest absolute Gasteiger partial charge is 0.444 e. The van der Waals surface area contributed by atoms with Crippen LogP contribution >= 0.6 is 0 Å². The van der Waals surface area contributed by atoms with Gasteiger partial charge in [-0.2, -0.15) is 0 Å². The van der Waals surface area contributed by atoms with Gasteiger partial charge in [-0.1, -0.05) is 0 Å². The van der Waals surface area contributed by atoms with E-state index < -0.39 is 5.60 Å². The average molecular weight is 284 g/mol. The molecule has 0 bridgehead atoms. The van der Waals surface area contributed by atoms with E-state index in [1.54, 1.807) is 0 Å². The van der Waals surface area contributed by atoms with Crippen LogP contribution in [0.25, 0.3) is 0 Å². The van der Waals surface area contributed by atoms with Crippen molar-refractivity contribution in [3.63, 3.8) is 0 Å². The third-order valence-corrected chi connectivity index (χ3v) is 3.87. The standard InChI is InChI=1S/C15H28N2O3/c1-15(2,3)20-14(18)17-13-8-12(9-13)16-6-4-11-5-7-19-10-11/h11-13,16H,4-10H2,1-3H3,(H,17,18). The molecular formula is C15H28N2O3. The molecule has 0 aromatic carbocycles. The number of rotatable bonds is 5. The second-order valence-electron chi connectivity index (χ2n) is 6.98. The lowest BCUT2D eigenvalue weighted by molar-refractivity contribution is 0.0465. The Balaban J connectivity index is 1.50. The monoisotopic (exact) mass is 284 g/mol. The zero-order valence-corrected chi connectivity index (χ0v) is 12.9. The predicted molar refractivity (Wildman–Crippen MR) is 77.7 cm³/mol. The molecular weight excluding hydrogens is 256 g/mol. The molecule has 1 aliphatic carbocycles. The summed E-state index contributed by atoms with van der Waals surface area (Å²) in [4.78, 5) is 11.6. The van der Waals surface area contributed by atoms with Crippen molar-refractivity contribution in [3.8, 4) is 0 Å². The summed E-state index contributed by atoms with van der Waals surface area (Å²) in [6, 6.07) is 0.800. The van der Waals surface area contributed by atoms with Gasteiger partial charge in [0.1, 0.15) is 5.60 Å². The van der Waals surface area contributed by atoms with E-state index in [-0.39, 0.29) is 12.1 Å². The molecule has 1 saturated carbocycles. The number of alkyl carbamates (subject to hydrolysis) is 1. The first-order valence-electron chi connectivity index (χ1n) is 7.73. The number of nitrogens with one attached hydrogen (secondary N) is 2. The fraction of sp³-hybridized carbons (Fsp3) is 0.933. The van der Waals surface area contributed by atoms with Crippen LogP contribution in [0.4, 0.5) is 4.79 Å². The lowest BCUT2D eigenvalue weighted by atomic mass is 9.86. The van der Waals surface area contributed by atoms with E-state index >= 15 is 0 Å². The summed E-state index contributed by atoms with van der Waals surface area (Å²) in [6.45, 7) is 8.54. The molecule has 0 aromatic heterocycles. The average Bonchev–Trinajstić information content (AvgIpc) is 2.75. The van der Waals surface area contributed by atoms with E-state index in [2.05, 4.69) is 10.6 Å². The van der Waals surface area contributed by atoms with Crippen molar-refractivity contribution >= 4 is 6.09 Å². The SMILES string of the molecule is CC(C)(C)OC(=O)NC1CC(NCCC2CCOC2)C1. The lowest BCUT2D eigenvalue weighted by Crippen LogP contribution is -2.53. The minimum atomic E-state index is -0.422. The quantitative estimate of drug-likeness (QED) is 0.811. The van der Waals surface area contributed by atoms with Gasteiger partial charge in [-0.3, -0.25) is 0 Å². The third kappa shape index (κ3) is 5.29. The zero-order chi connectivity index (χ0) is 14.6. The Bertz CT molecular complexity index is 316. The predicted octanol–water partition coefficient (Wildman–Crippen LogP) is 2.06. The fourth-order valence-electron chi connectivity index (χ4n) is 2.68. The molecule has 116 valence electrons. The number of hydrogen-bond acceptors (Lipinski definition) is 4. The molecule has 1 aliphatic heterocycles. The van der Waals surface area contributed by atoms with E-state index in [4.69, 9.17) is 9.47 Å². The molecule has 2 aliphatic rings. The van der Waals surface area contributed by atoms with Gasteiger partial charge in [0.2, 0.25) is 0 Å². The maximum absolute atomic E-state index is 11.6. The van der Waals surface area contributed by atoms with Crippen molar-refractivity contribution in [3.05, 3.63) is 0 Å². The molecule has 2 fully saturated rings. The zero-order valence-electron chi connectivity index (χ0n) is 12.9. The van der Waals surface area contributed by atoms with Crippen molar-refractivity contribution < 1.29 is 14.3 Å². The van der Waals surface area contributed by atoms with Crippen LogP contribution < -0.4 is 10.6 Å². The third-order valence-electron chi connectivity index (χ3n) is 3.87. The maximum atomic E-state index is 11.6. The summed E-state index contributed by atoms with van der Waals surface area (Å²) in [5.74, 6) is 0.735. The van der Waals surface area contributed by atoms with Gasteiger partial charge in [0, 0.05) is 25.3 Å². The van der Waals surface area contributed by atoms with Gasteiger partial charge in [-0.15, -0.1) is 0 Å². The molecule has 5 heteroatoms. The van der Waals surface area contributed by atoms with E-state index in [9.17, 15) is 4.79 Å². The Kier molecular flexibility index (Phi) is 5.27. The van der Waals surface area contributed by atoms with Crippen LogP contribution in [0.5, 0.6) is 0 Å². The van der Waals surface area contributed by atoms with E-state index in [0.717, 1.165) is 38.5 Å². The highest BCUT2D eigenvalue weighted by atomic mass is 16.6. The normalized spacial score (nSPS) is 29.9. The fourth-order valence-corrected chi connectivity index (χ4v) is 2.68. The molecule has 1 heterocycles. The van der Waals surface area contributed by atoms with Gasteiger partial charge in [0.25, 0.3) is 0 Å². The molecule has 0 aromatic rings. The Hall–Kier alpha value is -0.810. The topological polar surface area (TPSA) is 59.6 Å². The molecule has 20 heavy (non-hydrogen) atoms. The Morgan fingerprint density at radius 1 is 1.30 bits per heavy atom. The van der Waals surface area contributed by atoms with Crippen molar-refractivity contribution in [2.45, 2.75) is 64.1 Å². The number of carbonyl (C=O) groups is 1. The highest BCUT2D eigenvalue weighted by Gasteiger charge is 2.31. The molecule has 1 atom stereocenters. The van der Waals surface area contributed by atoms with Crippen LogP contribution in [0.15, 0.2) is 0 Å². The second-order valence-corrected chi connectivity index (χ2v) is 6.98. The van der Waals surface area contributed by atoms with Gasteiger partial charge in [0.05, 0.1) is 0 Å². The summed E-state index contributed by atoms with van der Waals surface area (Å²) in [5.41, 5.74) is -0.422. The van der Waals surface area contributed by atoms with Crippen molar-refractivity contribution in [2.24, 2.45) is 5.92 Å². The van der Waals surface area contributed by atoms with Crippen LogP contribution in [0.2, 0.25) is 0 Å². The van der Waals surface area contributed by atoms with Gasteiger partial charge in [-0.05, 0) is 58.9 Å². The summed E-state index contributed by atoms with van der Waals surface area (Å²) in [6.07, 6.45) is 4.10. The number of ether oxygens (including phenoxy) is 2. The molecule has 1 amide bonds. The molecule has 5 nitrogen and oxygen atoms in total. The number of hydrogen-bond donors (Lipinski definition) is 2. The summed E-state index contributed by atoms with van der Waals surface area (Å²) >= 11 is 0. The van der Waals surface area contributed by atoms with Crippen LogP contribution in [-0.2, 0) is 9.47 Å². The van der Waals surface area contributed by atoms with Crippen molar-refractivity contribution in [1.82, 2.24) is 10.6 Å². The van der Waals surface area contributed by atoms with Crippen LogP contribution in [0.1, 0.15) is 46.5 Å². The summed E-state index contributed by atoms with van der Waals surface area (Å²) in [7, 11) is 0. The smallest absolute Gasteiger partial charge is 0.407 e. The Morgan fingerprint density at radius 3 is 2.65 bits per heavy atom. The second kappa shape index (κ2) is 6.76. The van der Waals surface area contributed by atoms with E-state index in [1.165, 1.54) is 12.8 Å². The molecule has 1 unspecified atom stereocenters. The Labute approximate surface area is 121 Å². The Morgan fingerprint density at radius 2 is 2.05 bits per heavy atom. The first kappa shape index (κ1) is 15.6. The summed E-state index contributed by atoms with van der Waals surface area (Å²) in [5, 5.41) is 6.46. The number of carbonyl (C=O) groups excluding carboxylic acids is 1. The van der Waals surface area contributed by atoms with Gasteiger partial charge in [0.15, 0.2) is 0 Å². The molecule has 0 radical (unpaired) electrons. The molecule has 0 spiro atoms. The minimum absolute atomic E-state index is 0.261. The van der Waals surface area contributed by atoms with Crippen molar-refractivity contribution in [1.29, 1.82) is 0 Å². The first-order valence-corrected chi connectivity index (χ1v) is 7.73. The molecule has 1 saturated heterocycles. The number of amides is 1. The van der Waals surface area contributed by atoms with Crippen LogP contribution in [0.3, 0.4) is 0 Å². The molecule has 2 rings (SSSR count). The van der Waals surface area contributed by atoms with E-state index in [1.807, 2.05) is 20.8 Å². The maximum Gasteiger partial charge on any atom is 0.407 e. The van der Waals surface area contributed by atoms with Gasteiger partial charge in [-0.25, -0.2) is 4.79 Å². The molecule has 2 N–H and O–H groups in total. The highest BCUT2D eigenvalue weighted by molar-refractivity contribution is 5.68. The lowest BCUT2D eigenvalue weighted by Gasteiger charge is -2.37. The summed E-state index contributed by atoms with van der Waals surface area (Å²) < 4.78 is 10.6. The van der Waals surface area contributed by atoms with E-state index in [0.29, 0.717) is 6.04 Å². The minimum Gasteiger partial charge on any atom is -0.444 e. The van der Waals surface area contributed by atoms with Crippen LogP contribution in [-0.4, -0.2) is 43.5 Å². The van der Waals surface area contributed by atoms with Gasteiger partial charge >= 0.3 is 6.09 Å². The first-order chi connectivity index (χ1) is 9.42. The van der Waals surface area contributed by atoms with Crippen LogP contribution in [0, 0.1) is 5.92 Å².